The van der Waals surface area contributed by atoms with Crippen LogP contribution < -0.4 is 0 Å². The smallest absolute Gasteiger partial charge is 0.320 e. The summed E-state index contributed by atoms with van der Waals surface area (Å²) in [7, 11) is -1.58. The van der Waals surface area contributed by atoms with Crippen LogP contribution in [0, 0.1) is 23.3 Å². The Balaban J connectivity index is 3.39. The van der Waals surface area contributed by atoms with Crippen LogP contribution in [0.5, 0.6) is 0 Å². The van der Waals surface area contributed by atoms with Crippen molar-refractivity contribution in [2.24, 2.45) is 11.8 Å². The third kappa shape index (κ3) is 6.68. The number of carbonyl (C=O) groups excluding carboxylic acids is 2. The summed E-state index contributed by atoms with van der Waals surface area (Å²) >= 11 is 0. The molecule has 142 valence electrons. The molecule has 0 aliphatic rings. The molecule has 0 heterocycles. The van der Waals surface area contributed by atoms with Crippen molar-refractivity contribution >= 4 is 20.0 Å². The molecular weight excluding hydrogens is 344 g/mol. The summed E-state index contributed by atoms with van der Waals surface area (Å²) in [5.74, 6) is 0.548. The maximum atomic E-state index is 12.6. The van der Waals surface area contributed by atoms with Crippen molar-refractivity contribution in [2.75, 3.05) is 13.2 Å². The van der Waals surface area contributed by atoms with Gasteiger partial charge in [-0.3, -0.25) is 9.59 Å². The van der Waals surface area contributed by atoms with Crippen LogP contribution in [-0.2, 0) is 19.1 Å². The molecule has 0 unspecified atom stereocenters. The normalized spacial score (nSPS) is 13.3. The summed E-state index contributed by atoms with van der Waals surface area (Å²) in [5.41, 5.74) is 4.24. The van der Waals surface area contributed by atoms with Crippen molar-refractivity contribution in [2.45, 2.75) is 46.3 Å². The molecule has 0 saturated heterocycles. The van der Waals surface area contributed by atoms with E-state index in [1.54, 1.807) is 13.8 Å². The number of rotatable bonds is 7. The summed E-state index contributed by atoms with van der Waals surface area (Å²) < 4.78 is 10.4. The Morgan fingerprint density at radius 2 is 1.50 bits per heavy atom. The molecule has 0 aliphatic carbocycles. The van der Waals surface area contributed by atoms with Gasteiger partial charge in [-0.1, -0.05) is 56.9 Å². The van der Waals surface area contributed by atoms with Gasteiger partial charge >= 0.3 is 11.9 Å². The molecule has 0 aromatic heterocycles. The molecule has 1 aromatic rings. The van der Waals surface area contributed by atoms with Crippen molar-refractivity contribution < 1.29 is 19.1 Å². The Morgan fingerprint density at radius 1 is 1.00 bits per heavy atom. The Bertz CT molecular complexity index is 634. The maximum absolute atomic E-state index is 12.6. The molecule has 0 fully saturated rings. The van der Waals surface area contributed by atoms with Crippen LogP contribution in [0.25, 0.3) is 0 Å². The van der Waals surface area contributed by atoms with Gasteiger partial charge in [0.15, 0.2) is 5.92 Å². The first-order valence-corrected chi connectivity index (χ1v) is 12.6. The van der Waals surface area contributed by atoms with Gasteiger partial charge in [0.2, 0.25) is 0 Å². The molecule has 2 atom stereocenters. The fourth-order valence-corrected chi connectivity index (χ4v) is 3.38. The second-order valence-corrected chi connectivity index (χ2v) is 12.0. The van der Waals surface area contributed by atoms with Crippen molar-refractivity contribution in [3.63, 3.8) is 0 Å². The molecule has 1 aromatic carbocycles. The predicted molar refractivity (Wildman–Crippen MR) is 106 cm³/mol. The largest absolute Gasteiger partial charge is 0.465 e. The molecule has 4 nitrogen and oxygen atoms in total. The van der Waals surface area contributed by atoms with Gasteiger partial charge in [-0.15, -0.1) is 11.5 Å². The van der Waals surface area contributed by atoms with Gasteiger partial charge in [0.25, 0.3) is 0 Å². The van der Waals surface area contributed by atoms with Gasteiger partial charge in [0.1, 0.15) is 8.07 Å². The topological polar surface area (TPSA) is 52.6 Å². The van der Waals surface area contributed by atoms with Crippen molar-refractivity contribution in [3.05, 3.63) is 35.9 Å². The molecule has 1 rings (SSSR count). The van der Waals surface area contributed by atoms with Gasteiger partial charge in [-0.2, -0.15) is 0 Å². The van der Waals surface area contributed by atoms with Gasteiger partial charge in [-0.05, 0) is 19.4 Å². The first-order chi connectivity index (χ1) is 12.2. The molecule has 26 heavy (non-hydrogen) atoms. The van der Waals surface area contributed by atoms with Gasteiger partial charge in [0, 0.05) is 11.8 Å². The summed E-state index contributed by atoms with van der Waals surface area (Å²) in [5, 5.41) is 0. The Labute approximate surface area is 158 Å². The van der Waals surface area contributed by atoms with Gasteiger partial charge in [-0.25, -0.2) is 0 Å². The standard InChI is InChI=1S/C21H30O4Si/c1-7-24-20(22)19(21(23)25-8-2)18(17-12-10-9-11-13-17)16(3)14-15-26(4,5)6/h9-13,16,18-19H,7-8H2,1-6H3/t16-,18+/m0/s1. The highest BCUT2D eigenvalue weighted by atomic mass is 28.3. The average Bonchev–Trinajstić information content (AvgIpc) is 2.57. The molecule has 0 bridgehead atoms. The quantitative estimate of drug-likeness (QED) is 0.313. The summed E-state index contributed by atoms with van der Waals surface area (Å²) in [4.78, 5) is 25.2. The summed E-state index contributed by atoms with van der Waals surface area (Å²) in [6, 6.07) is 9.54. The fraction of sp³-hybridized carbons (Fsp3) is 0.524. The van der Waals surface area contributed by atoms with E-state index in [0.717, 1.165) is 5.56 Å². The van der Waals surface area contributed by atoms with Crippen LogP contribution in [0.3, 0.4) is 0 Å². The Kier molecular flexibility index (Phi) is 8.60. The number of hydrogen-bond donors (Lipinski definition) is 0. The Hall–Kier alpha value is -2.06. The lowest BCUT2D eigenvalue weighted by molar-refractivity contribution is -0.163. The molecule has 0 spiro atoms. The number of benzene rings is 1. The Morgan fingerprint density at radius 3 is 1.92 bits per heavy atom. The zero-order valence-corrected chi connectivity index (χ0v) is 17.7. The minimum atomic E-state index is -1.58. The molecule has 0 radical (unpaired) electrons. The lowest BCUT2D eigenvalue weighted by Crippen LogP contribution is -2.36. The highest BCUT2D eigenvalue weighted by Gasteiger charge is 2.40. The average molecular weight is 375 g/mol. The minimum absolute atomic E-state index is 0.192. The maximum Gasteiger partial charge on any atom is 0.320 e. The van der Waals surface area contributed by atoms with Crippen LogP contribution in [0.2, 0.25) is 19.6 Å². The van der Waals surface area contributed by atoms with Crippen LogP contribution >= 0.6 is 0 Å². The third-order valence-corrected chi connectivity index (χ3v) is 4.73. The lowest BCUT2D eigenvalue weighted by Gasteiger charge is -2.27. The third-order valence-electron chi connectivity index (χ3n) is 3.84. The number of hydrogen-bond acceptors (Lipinski definition) is 4. The van der Waals surface area contributed by atoms with E-state index < -0.39 is 31.8 Å². The zero-order chi connectivity index (χ0) is 19.7. The molecule has 0 N–H and O–H groups in total. The molecule has 0 saturated carbocycles. The van der Waals surface area contributed by atoms with Gasteiger partial charge < -0.3 is 9.47 Å². The SMILES string of the molecule is CCOC(=O)C(C(=O)OCC)[C@@H](c1ccccc1)[C@@H](C)C#C[Si](C)(C)C. The monoisotopic (exact) mass is 374 g/mol. The summed E-state index contributed by atoms with van der Waals surface area (Å²) in [6.45, 7) is 12.3. The van der Waals surface area contributed by atoms with Crippen molar-refractivity contribution in [1.82, 2.24) is 0 Å². The first kappa shape index (κ1) is 22.0. The lowest BCUT2D eigenvalue weighted by atomic mass is 9.77. The van der Waals surface area contributed by atoms with E-state index in [2.05, 4.69) is 31.1 Å². The highest BCUT2D eigenvalue weighted by molar-refractivity contribution is 6.83. The molecular formula is C21H30O4Si. The van der Waals surface area contributed by atoms with Crippen LogP contribution in [0.1, 0.15) is 32.3 Å². The van der Waals surface area contributed by atoms with E-state index in [-0.39, 0.29) is 19.1 Å². The minimum Gasteiger partial charge on any atom is -0.465 e. The second kappa shape index (κ2) is 10.2. The van der Waals surface area contributed by atoms with E-state index in [1.807, 2.05) is 37.3 Å². The number of carbonyl (C=O) groups is 2. The van der Waals surface area contributed by atoms with E-state index in [1.165, 1.54) is 0 Å². The second-order valence-electron chi connectivity index (χ2n) is 7.23. The highest BCUT2D eigenvalue weighted by Crippen LogP contribution is 2.34. The summed E-state index contributed by atoms with van der Waals surface area (Å²) in [6.07, 6.45) is 0. The van der Waals surface area contributed by atoms with E-state index in [9.17, 15) is 9.59 Å². The van der Waals surface area contributed by atoms with Gasteiger partial charge in [0.05, 0.1) is 13.2 Å². The van der Waals surface area contributed by atoms with Crippen LogP contribution in [0.4, 0.5) is 0 Å². The van der Waals surface area contributed by atoms with E-state index in [4.69, 9.17) is 9.47 Å². The molecule has 5 heteroatoms. The number of ether oxygens (including phenoxy) is 2. The number of esters is 2. The first-order valence-electron chi connectivity index (χ1n) is 9.12. The predicted octanol–water partition coefficient (Wildman–Crippen LogP) is 4.03. The zero-order valence-electron chi connectivity index (χ0n) is 16.7. The van der Waals surface area contributed by atoms with Crippen molar-refractivity contribution in [3.8, 4) is 11.5 Å². The molecule has 0 amide bonds. The van der Waals surface area contributed by atoms with E-state index in [0.29, 0.717) is 0 Å². The van der Waals surface area contributed by atoms with Crippen LogP contribution in [-0.4, -0.2) is 33.2 Å². The van der Waals surface area contributed by atoms with Crippen LogP contribution in [0.15, 0.2) is 30.3 Å². The van der Waals surface area contributed by atoms with E-state index >= 15 is 0 Å². The van der Waals surface area contributed by atoms with Crippen molar-refractivity contribution in [1.29, 1.82) is 0 Å². The fourth-order valence-electron chi connectivity index (χ4n) is 2.72. The molecule has 0 aliphatic heterocycles.